The summed E-state index contributed by atoms with van der Waals surface area (Å²) in [6, 6.07) is 6.49. The van der Waals surface area contributed by atoms with E-state index in [9.17, 15) is 4.39 Å². The zero-order chi connectivity index (χ0) is 16.0. The Morgan fingerprint density at radius 1 is 1.05 bits per heavy atom. The average Bonchev–Trinajstić information content (AvgIpc) is 2.69. The van der Waals surface area contributed by atoms with E-state index in [1.807, 2.05) is 27.7 Å². The van der Waals surface area contributed by atoms with E-state index in [1.165, 1.54) is 12.4 Å². The minimum absolute atomic E-state index is 0.334. The first-order chi connectivity index (χ1) is 10.3. The lowest BCUT2D eigenvalue weighted by atomic mass is 9.78. The molecule has 1 aliphatic rings. The molecule has 1 aromatic carbocycles. The van der Waals surface area contributed by atoms with Crippen molar-refractivity contribution in [2.45, 2.75) is 38.9 Å². The van der Waals surface area contributed by atoms with Crippen LogP contribution in [-0.4, -0.2) is 28.3 Å². The molecular formula is C16H18BFN2O2. The normalized spacial score (nSPS) is 19.4. The first-order valence-electron chi connectivity index (χ1n) is 7.22. The number of rotatable bonds is 2. The first-order valence-corrected chi connectivity index (χ1v) is 7.22. The standard InChI is InChI=1S/C16H18BFN2O2/c1-15(2)16(3,4)22-17(21-15)11-5-6-13(18)12(9-11)14-7-8-19-10-20-14/h5-10H,1-4H3. The molecule has 1 aliphatic heterocycles. The molecule has 0 radical (unpaired) electrons. The van der Waals surface area contributed by atoms with Crippen LogP contribution in [0.25, 0.3) is 11.3 Å². The summed E-state index contributed by atoms with van der Waals surface area (Å²) in [6.45, 7) is 7.95. The molecule has 0 atom stereocenters. The maximum atomic E-state index is 14.1. The highest BCUT2D eigenvalue weighted by Crippen LogP contribution is 2.36. The summed E-state index contributed by atoms with van der Waals surface area (Å²) in [5.41, 5.74) is 0.858. The van der Waals surface area contributed by atoms with Gasteiger partial charge in [0.25, 0.3) is 0 Å². The van der Waals surface area contributed by atoms with E-state index in [2.05, 4.69) is 9.97 Å². The Morgan fingerprint density at radius 2 is 1.73 bits per heavy atom. The topological polar surface area (TPSA) is 44.2 Å². The lowest BCUT2D eigenvalue weighted by molar-refractivity contribution is 0.00578. The summed E-state index contributed by atoms with van der Waals surface area (Å²) in [7, 11) is -0.522. The molecule has 1 fully saturated rings. The largest absolute Gasteiger partial charge is 0.494 e. The third kappa shape index (κ3) is 2.53. The van der Waals surface area contributed by atoms with Crippen molar-refractivity contribution in [1.29, 1.82) is 0 Å². The van der Waals surface area contributed by atoms with E-state index in [1.54, 1.807) is 24.4 Å². The maximum Gasteiger partial charge on any atom is 0.494 e. The van der Waals surface area contributed by atoms with E-state index in [0.29, 0.717) is 11.3 Å². The van der Waals surface area contributed by atoms with E-state index in [-0.39, 0.29) is 5.82 Å². The Morgan fingerprint density at radius 3 is 2.32 bits per heavy atom. The van der Waals surface area contributed by atoms with Crippen LogP contribution in [0.5, 0.6) is 0 Å². The summed E-state index contributed by atoms with van der Waals surface area (Å²) in [5.74, 6) is -0.334. The predicted octanol–water partition coefficient (Wildman–Crippen LogP) is 2.58. The van der Waals surface area contributed by atoms with Gasteiger partial charge in [0.2, 0.25) is 0 Å². The van der Waals surface area contributed by atoms with Gasteiger partial charge in [-0.3, -0.25) is 0 Å². The predicted molar refractivity (Wildman–Crippen MR) is 83.1 cm³/mol. The molecule has 0 saturated carbocycles. The van der Waals surface area contributed by atoms with Crippen molar-refractivity contribution in [3.63, 3.8) is 0 Å². The fraction of sp³-hybridized carbons (Fsp3) is 0.375. The average molecular weight is 300 g/mol. The molecule has 3 rings (SSSR count). The van der Waals surface area contributed by atoms with Crippen LogP contribution in [0, 0.1) is 5.82 Å². The van der Waals surface area contributed by atoms with Crippen molar-refractivity contribution in [3.05, 3.63) is 42.6 Å². The quantitative estimate of drug-likeness (QED) is 0.800. The van der Waals surface area contributed by atoms with Crippen LogP contribution in [0.15, 0.2) is 36.8 Å². The smallest absolute Gasteiger partial charge is 0.399 e. The summed E-state index contributed by atoms with van der Waals surface area (Å²) in [6.07, 6.45) is 2.99. The molecule has 0 spiro atoms. The molecule has 1 aromatic heterocycles. The third-order valence-corrected chi connectivity index (χ3v) is 4.37. The van der Waals surface area contributed by atoms with Crippen molar-refractivity contribution >= 4 is 12.6 Å². The molecule has 114 valence electrons. The highest BCUT2D eigenvalue weighted by atomic mass is 19.1. The Labute approximate surface area is 129 Å². The number of benzene rings is 1. The van der Waals surface area contributed by atoms with Gasteiger partial charge in [0.1, 0.15) is 12.1 Å². The van der Waals surface area contributed by atoms with Gasteiger partial charge in [-0.25, -0.2) is 14.4 Å². The van der Waals surface area contributed by atoms with E-state index in [0.717, 1.165) is 5.46 Å². The molecule has 0 aliphatic carbocycles. The number of hydrogen-bond acceptors (Lipinski definition) is 4. The second-order valence-corrected chi connectivity index (χ2v) is 6.42. The maximum absolute atomic E-state index is 14.1. The fourth-order valence-corrected chi connectivity index (χ4v) is 2.31. The number of nitrogens with zero attached hydrogens (tertiary/aromatic N) is 2. The van der Waals surface area contributed by atoms with E-state index in [4.69, 9.17) is 9.31 Å². The number of halogens is 1. The summed E-state index contributed by atoms with van der Waals surface area (Å²) in [4.78, 5) is 7.96. The molecule has 0 bridgehead atoms. The zero-order valence-corrected chi connectivity index (χ0v) is 13.1. The minimum Gasteiger partial charge on any atom is -0.399 e. The van der Waals surface area contributed by atoms with Crippen LogP contribution in [0.4, 0.5) is 4.39 Å². The Bertz CT molecular complexity index is 676. The van der Waals surface area contributed by atoms with Crippen molar-refractivity contribution in [2.75, 3.05) is 0 Å². The summed E-state index contributed by atoms with van der Waals surface area (Å²) >= 11 is 0. The minimum atomic E-state index is -0.522. The highest BCUT2D eigenvalue weighted by Gasteiger charge is 2.51. The summed E-state index contributed by atoms with van der Waals surface area (Å²) in [5, 5.41) is 0. The van der Waals surface area contributed by atoms with Gasteiger partial charge in [0, 0.05) is 11.8 Å². The molecule has 6 heteroatoms. The van der Waals surface area contributed by atoms with Crippen LogP contribution in [-0.2, 0) is 9.31 Å². The molecule has 2 aromatic rings. The van der Waals surface area contributed by atoms with Gasteiger partial charge in [-0.05, 0) is 45.3 Å². The molecule has 0 N–H and O–H groups in total. The van der Waals surface area contributed by atoms with Crippen molar-refractivity contribution in [2.24, 2.45) is 0 Å². The van der Waals surface area contributed by atoms with Crippen molar-refractivity contribution < 1.29 is 13.7 Å². The van der Waals surface area contributed by atoms with Crippen LogP contribution in [0.2, 0.25) is 0 Å². The van der Waals surface area contributed by atoms with Gasteiger partial charge < -0.3 is 9.31 Å². The lowest BCUT2D eigenvalue weighted by Gasteiger charge is -2.32. The van der Waals surface area contributed by atoms with Crippen LogP contribution in [0.3, 0.4) is 0 Å². The number of aromatic nitrogens is 2. The monoisotopic (exact) mass is 300 g/mol. The highest BCUT2D eigenvalue weighted by molar-refractivity contribution is 6.62. The Kier molecular flexibility index (Phi) is 3.53. The second-order valence-electron chi connectivity index (χ2n) is 6.42. The van der Waals surface area contributed by atoms with Gasteiger partial charge >= 0.3 is 7.12 Å². The number of hydrogen-bond donors (Lipinski definition) is 0. The fourth-order valence-electron chi connectivity index (χ4n) is 2.31. The molecular weight excluding hydrogens is 282 g/mol. The summed E-state index contributed by atoms with van der Waals surface area (Å²) < 4.78 is 26.1. The van der Waals surface area contributed by atoms with E-state index >= 15 is 0 Å². The first kappa shape index (κ1) is 15.1. The van der Waals surface area contributed by atoms with Crippen molar-refractivity contribution in [3.8, 4) is 11.3 Å². The van der Waals surface area contributed by atoms with Gasteiger partial charge in [-0.15, -0.1) is 0 Å². The Balaban J connectivity index is 1.98. The van der Waals surface area contributed by atoms with E-state index < -0.39 is 18.3 Å². The van der Waals surface area contributed by atoms with Gasteiger partial charge in [0.05, 0.1) is 16.9 Å². The van der Waals surface area contributed by atoms with Gasteiger partial charge in [-0.2, -0.15) is 0 Å². The molecule has 0 unspecified atom stereocenters. The Hall–Kier alpha value is -1.79. The molecule has 4 nitrogen and oxygen atoms in total. The van der Waals surface area contributed by atoms with Gasteiger partial charge in [-0.1, -0.05) is 12.1 Å². The second kappa shape index (κ2) is 5.14. The van der Waals surface area contributed by atoms with Crippen LogP contribution in [0.1, 0.15) is 27.7 Å². The zero-order valence-electron chi connectivity index (χ0n) is 13.1. The van der Waals surface area contributed by atoms with Crippen LogP contribution < -0.4 is 5.46 Å². The lowest BCUT2D eigenvalue weighted by Crippen LogP contribution is -2.41. The van der Waals surface area contributed by atoms with Crippen molar-refractivity contribution in [1.82, 2.24) is 9.97 Å². The third-order valence-electron chi connectivity index (χ3n) is 4.37. The SMILES string of the molecule is CC1(C)OB(c2ccc(F)c(-c3ccncn3)c2)OC1(C)C. The molecule has 1 saturated heterocycles. The molecule has 0 amide bonds. The molecule has 2 heterocycles. The van der Waals surface area contributed by atoms with Crippen LogP contribution >= 0.6 is 0 Å². The molecule has 22 heavy (non-hydrogen) atoms. The van der Waals surface area contributed by atoms with Gasteiger partial charge in [0.15, 0.2) is 0 Å².